The monoisotopic (exact) mass is 358 g/mol. The second kappa shape index (κ2) is 6.94. The van der Waals surface area contributed by atoms with Crippen molar-refractivity contribution in [3.05, 3.63) is 83.4 Å². The van der Waals surface area contributed by atoms with E-state index in [1.807, 2.05) is 43.3 Å². The Hall–Kier alpha value is -2.62. The van der Waals surface area contributed by atoms with Crippen LogP contribution in [0.25, 0.3) is 22.3 Å². The molecule has 0 aromatic heterocycles. The van der Waals surface area contributed by atoms with Gasteiger partial charge in [0.2, 0.25) is 5.92 Å². The molecule has 0 amide bonds. The Labute approximate surface area is 150 Å². The van der Waals surface area contributed by atoms with Gasteiger partial charge in [0.05, 0.1) is 0 Å². The molecule has 0 aliphatic carbocycles. The molecule has 0 saturated carbocycles. The fraction of sp³-hybridized carbons (Fsp3) is 0.182. The summed E-state index contributed by atoms with van der Waals surface area (Å²) in [7, 11) is 0. The SMILES string of the molecule is Cc1ccc(-c2ccc(-c3ccc(CC(C)(F)F)c(F)c3F)cc2)cc1. The Balaban J connectivity index is 1.92. The van der Waals surface area contributed by atoms with Crippen LogP contribution in [0.4, 0.5) is 17.6 Å². The number of aryl methyl sites for hydroxylation is 1. The third-order valence-electron chi connectivity index (χ3n) is 4.24. The van der Waals surface area contributed by atoms with Crippen LogP contribution < -0.4 is 0 Å². The fourth-order valence-corrected chi connectivity index (χ4v) is 2.87. The maximum atomic E-state index is 14.4. The largest absolute Gasteiger partial charge is 0.249 e. The zero-order valence-electron chi connectivity index (χ0n) is 14.5. The zero-order valence-corrected chi connectivity index (χ0v) is 14.5. The zero-order chi connectivity index (χ0) is 18.9. The van der Waals surface area contributed by atoms with Crippen LogP contribution in [0.1, 0.15) is 18.1 Å². The van der Waals surface area contributed by atoms with Crippen LogP contribution in [0.3, 0.4) is 0 Å². The van der Waals surface area contributed by atoms with E-state index in [0.29, 0.717) is 12.5 Å². The van der Waals surface area contributed by atoms with Crippen molar-refractivity contribution in [3.63, 3.8) is 0 Å². The van der Waals surface area contributed by atoms with E-state index in [0.717, 1.165) is 16.7 Å². The van der Waals surface area contributed by atoms with E-state index in [1.165, 1.54) is 12.1 Å². The normalized spacial score (nSPS) is 11.6. The molecule has 0 aliphatic rings. The maximum Gasteiger partial charge on any atom is 0.249 e. The molecule has 0 aliphatic heterocycles. The van der Waals surface area contributed by atoms with Crippen LogP contribution in [0, 0.1) is 18.6 Å². The molecular formula is C22H18F4. The molecule has 0 spiro atoms. The molecule has 0 unspecified atom stereocenters. The average molecular weight is 358 g/mol. The first kappa shape index (κ1) is 18.2. The van der Waals surface area contributed by atoms with Gasteiger partial charge >= 0.3 is 0 Å². The van der Waals surface area contributed by atoms with Crippen molar-refractivity contribution >= 4 is 0 Å². The second-order valence-electron chi connectivity index (χ2n) is 6.59. The highest BCUT2D eigenvalue weighted by atomic mass is 19.3. The van der Waals surface area contributed by atoms with Crippen molar-refractivity contribution in [3.8, 4) is 22.3 Å². The molecule has 134 valence electrons. The summed E-state index contributed by atoms with van der Waals surface area (Å²) in [6, 6.07) is 17.6. The minimum Gasteiger partial charge on any atom is -0.207 e. The lowest BCUT2D eigenvalue weighted by molar-refractivity contribution is 0.0216. The van der Waals surface area contributed by atoms with Crippen molar-refractivity contribution in [2.24, 2.45) is 0 Å². The Kier molecular flexibility index (Phi) is 4.86. The molecule has 26 heavy (non-hydrogen) atoms. The number of alkyl halides is 2. The van der Waals surface area contributed by atoms with Crippen molar-refractivity contribution < 1.29 is 17.6 Å². The second-order valence-corrected chi connectivity index (χ2v) is 6.59. The molecule has 3 aromatic carbocycles. The molecule has 4 heteroatoms. The van der Waals surface area contributed by atoms with E-state index >= 15 is 0 Å². The summed E-state index contributed by atoms with van der Waals surface area (Å²) in [6.07, 6.45) is -0.831. The van der Waals surface area contributed by atoms with Crippen LogP contribution in [0.5, 0.6) is 0 Å². The lowest BCUT2D eigenvalue weighted by atomic mass is 9.97. The molecule has 3 rings (SSSR count). The smallest absolute Gasteiger partial charge is 0.207 e. The van der Waals surface area contributed by atoms with E-state index in [4.69, 9.17) is 0 Å². The van der Waals surface area contributed by atoms with Crippen LogP contribution >= 0.6 is 0 Å². The summed E-state index contributed by atoms with van der Waals surface area (Å²) >= 11 is 0. The van der Waals surface area contributed by atoms with Gasteiger partial charge in [-0.25, -0.2) is 17.6 Å². The van der Waals surface area contributed by atoms with Gasteiger partial charge in [0.1, 0.15) is 0 Å². The molecule has 0 radical (unpaired) electrons. The topological polar surface area (TPSA) is 0 Å². The first-order chi connectivity index (χ1) is 12.2. The van der Waals surface area contributed by atoms with Crippen molar-refractivity contribution in [2.45, 2.75) is 26.2 Å². The summed E-state index contributed by atoms with van der Waals surface area (Å²) in [5, 5.41) is 0. The van der Waals surface area contributed by atoms with Crippen LogP contribution in [-0.2, 0) is 6.42 Å². The van der Waals surface area contributed by atoms with Gasteiger partial charge in [-0.2, -0.15) is 0 Å². The molecule has 0 saturated heterocycles. The van der Waals surface area contributed by atoms with Crippen LogP contribution in [0.15, 0.2) is 60.7 Å². The predicted octanol–water partition coefficient (Wildman–Crippen LogP) is 6.80. The van der Waals surface area contributed by atoms with Gasteiger partial charge in [-0.3, -0.25) is 0 Å². The Morgan fingerprint density at radius 2 is 1.19 bits per heavy atom. The highest BCUT2D eigenvalue weighted by Crippen LogP contribution is 2.30. The number of hydrogen-bond donors (Lipinski definition) is 0. The van der Waals surface area contributed by atoms with Crippen molar-refractivity contribution in [2.75, 3.05) is 0 Å². The minimum atomic E-state index is -3.09. The number of halogens is 4. The molecule has 0 fully saturated rings. The van der Waals surface area contributed by atoms with E-state index in [-0.39, 0.29) is 11.1 Å². The third kappa shape index (κ3) is 3.96. The molecular weight excluding hydrogens is 340 g/mol. The Morgan fingerprint density at radius 3 is 1.73 bits per heavy atom. The average Bonchev–Trinajstić information content (AvgIpc) is 2.59. The van der Waals surface area contributed by atoms with Gasteiger partial charge < -0.3 is 0 Å². The molecule has 3 aromatic rings. The van der Waals surface area contributed by atoms with Gasteiger partial charge in [-0.05, 0) is 36.1 Å². The van der Waals surface area contributed by atoms with Gasteiger partial charge in [0.15, 0.2) is 11.6 Å². The fourth-order valence-electron chi connectivity index (χ4n) is 2.87. The Bertz CT molecular complexity index is 905. The van der Waals surface area contributed by atoms with E-state index in [2.05, 4.69) is 0 Å². The van der Waals surface area contributed by atoms with E-state index in [1.54, 1.807) is 12.1 Å². The summed E-state index contributed by atoms with van der Waals surface area (Å²) in [5.74, 6) is -5.41. The van der Waals surface area contributed by atoms with Gasteiger partial charge in [-0.15, -0.1) is 0 Å². The van der Waals surface area contributed by atoms with Gasteiger partial charge in [-0.1, -0.05) is 66.2 Å². The predicted molar refractivity (Wildman–Crippen MR) is 96.3 cm³/mol. The first-order valence-corrected chi connectivity index (χ1v) is 8.27. The van der Waals surface area contributed by atoms with Gasteiger partial charge in [0.25, 0.3) is 0 Å². The van der Waals surface area contributed by atoms with Gasteiger partial charge in [0, 0.05) is 12.0 Å². The lowest BCUT2D eigenvalue weighted by Crippen LogP contribution is -2.15. The maximum absolute atomic E-state index is 14.4. The van der Waals surface area contributed by atoms with E-state index < -0.39 is 24.0 Å². The van der Waals surface area contributed by atoms with E-state index in [9.17, 15) is 17.6 Å². The van der Waals surface area contributed by atoms with Crippen molar-refractivity contribution in [1.82, 2.24) is 0 Å². The molecule has 0 nitrogen and oxygen atoms in total. The quantitative estimate of drug-likeness (QED) is 0.450. The molecule has 0 atom stereocenters. The number of hydrogen-bond acceptors (Lipinski definition) is 0. The third-order valence-corrected chi connectivity index (χ3v) is 4.24. The Morgan fingerprint density at radius 1 is 0.692 bits per heavy atom. The number of rotatable bonds is 4. The minimum absolute atomic E-state index is 0.0566. The summed E-state index contributed by atoms with van der Waals surface area (Å²) in [5.41, 5.74) is 3.36. The molecule has 0 bridgehead atoms. The highest BCUT2D eigenvalue weighted by Gasteiger charge is 2.25. The first-order valence-electron chi connectivity index (χ1n) is 8.27. The summed E-state index contributed by atoms with van der Waals surface area (Å²) in [6.45, 7) is 2.68. The molecule has 0 N–H and O–H groups in total. The summed E-state index contributed by atoms with van der Waals surface area (Å²) < 4.78 is 54.7. The standard InChI is InChI=1S/C22H18F4/c1-14-3-5-15(6-4-14)16-7-9-17(10-8-16)19-12-11-18(13-22(2,25)26)20(23)21(19)24/h3-12H,13H2,1-2H3. The van der Waals surface area contributed by atoms with Crippen LogP contribution in [0.2, 0.25) is 0 Å². The molecule has 0 heterocycles. The van der Waals surface area contributed by atoms with Crippen LogP contribution in [-0.4, -0.2) is 5.92 Å². The van der Waals surface area contributed by atoms with Crippen molar-refractivity contribution in [1.29, 1.82) is 0 Å². The lowest BCUT2D eigenvalue weighted by Gasteiger charge is -2.13. The highest BCUT2D eigenvalue weighted by molar-refractivity contribution is 5.71. The number of benzene rings is 3. The summed E-state index contributed by atoms with van der Waals surface area (Å²) in [4.78, 5) is 0.